The highest BCUT2D eigenvalue weighted by Crippen LogP contribution is 2.21. The molecule has 0 aliphatic rings. The molecule has 5 nitrogen and oxygen atoms in total. The van der Waals surface area contributed by atoms with Crippen LogP contribution in [0.5, 0.6) is 0 Å². The molecular weight excluding hydrogens is 282 g/mol. The van der Waals surface area contributed by atoms with E-state index in [0.29, 0.717) is 11.5 Å². The Kier molecular flexibility index (Phi) is 2.29. The van der Waals surface area contributed by atoms with Crippen LogP contribution in [0.4, 0.5) is 5.69 Å². The van der Waals surface area contributed by atoms with Crippen molar-refractivity contribution in [3.05, 3.63) is 41.4 Å². The second kappa shape index (κ2) is 3.81. The third-order valence-electron chi connectivity index (χ3n) is 2.41. The normalized spacial score (nSPS) is 10.9. The largest absolute Gasteiger partial charge is 0.399 e. The summed E-state index contributed by atoms with van der Waals surface area (Å²) in [6.07, 6.45) is 5.06. The lowest BCUT2D eigenvalue weighted by atomic mass is 10.2. The van der Waals surface area contributed by atoms with Gasteiger partial charge in [0.2, 0.25) is 0 Å². The molecule has 0 fully saturated rings. The summed E-state index contributed by atoms with van der Waals surface area (Å²) >= 11 is 3.36. The predicted molar refractivity (Wildman–Crippen MR) is 68.8 cm³/mol. The first kappa shape index (κ1) is 10.2. The monoisotopic (exact) mass is 289 g/mol. The topological polar surface area (TPSA) is 69.6 Å². The number of fused-ring (bicyclic) bond motifs is 1. The quantitative estimate of drug-likeness (QED) is 0.697. The van der Waals surface area contributed by atoms with Crippen LogP contribution in [0.1, 0.15) is 0 Å². The molecule has 0 amide bonds. The molecule has 0 radical (unpaired) electrons. The molecule has 0 aliphatic carbocycles. The minimum absolute atomic E-state index is 0.680. The number of nitrogens with two attached hydrogens (primary N) is 1. The average Bonchev–Trinajstić information content (AvgIpc) is 2.75. The zero-order valence-corrected chi connectivity index (χ0v) is 10.3. The minimum atomic E-state index is 0.680. The number of anilines is 1. The van der Waals surface area contributed by atoms with Crippen molar-refractivity contribution in [2.75, 3.05) is 5.73 Å². The summed E-state index contributed by atoms with van der Waals surface area (Å²) in [5.74, 6) is 0.716. The van der Waals surface area contributed by atoms with Gasteiger partial charge >= 0.3 is 0 Å². The number of benzene rings is 1. The summed E-state index contributed by atoms with van der Waals surface area (Å²) in [6.45, 7) is 0. The van der Waals surface area contributed by atoms with Gasteiger partial charge < -0.3 is 5.73 Å². The van der Waals surface area contributed by atoms with Crippen LogP contribution in [-0.4, -0.2) is 19.7 Å². The summed E-state index contributed by atoms with van der Waals surface area (Å²) in [4.78, 5) is 8.44. The zero-order valence-electron chi connectivity index (χ0n) is 8.71. The Morgan fingerprint density at radius 2 is 2.12 bits per heavy atom. The van der Waals surface area contributed by atoms with E-state index in [1.165, 1.54) is 6.33 Å². The van der Waals surface area contributed by atoms with Gasteiger partial charge in [0.25, 0.3) is 0 Å². The molecular formula is C11H8BrN5. The number of nitrogen functional groups attached to an aromatic ring is 1. The van der Waals surface area contributed by atoms with Crippen molar-refractivity contribution in [1.29, 1.82) is 0 Å². The highest BCUT2D eigenvalue weighted by Gasteiger charge is 2.07. The van der Waals surface area contributed by atoms with Crippen LogP contribution in [0.25, 0.3) is 16.7 Å². The Balaban J connectivity index is 2.32. The summed E-state index contributed by atoms with van der Waals surface area (Å²) < 4.78 is 2.58. The van der Waals surface area contributed by atoms with Crippen molar-refractivity contribution in [3.63, 3.8) is 0 Å². The fourth-order valence-corrected chi connectivity index (χ4v) is 1.95. The molecule has 0 atom stereocenters. The second-order valence-corrected chi connectivity index (χ2v) is 4.49. The van der Waals surface area contributed by atoms with Crippen LogP contribution < -0.4 is 5.73 Å². The lowest BCUT2D eigenvalue weighted by molar-refractivity contribution is 0.851. The van der Waals surface area contributed by atoms with Crippen molar-refractivity contribution in [1.82, 2.24) is 19.7 Å². The van der Waals surface area contributed by atoms with Gasteiger partial charge in [-0.2, -0.15) is 5.10 Å². The summed E-state index contributed by atoms with van der Waals surface area (Å²) in [6, 6.07) is 5.53. The van der Waals surface area contributed by atoms with Gasteiger partial charge in [0, 0.05) is 17.3 Å². The van der Waals surface area contributed by atoms with E-state index in [4.69, 9.17) is 5.73 Å². The first-order chi connectivity index (χ1) is 8.24. The van der Waals surface area contributed by atoms with Crippen LogP contribution in [0.3, 0.4) is 0 Å². The molecule has 1 aromatic carbocycles. The third-order valence-corrected chi connectivity index (χ3v) is 2.82. The molecule has 84 valence electrons. The van der Waals surface area contributed by atoms with E-state index in [1.54, 1.807) is 10.9 Å². The highest BCUT2D eigenvalue weighted by atomic mass is 79.9. The average molecular weight is 290 g/mol. The van der Waals surface area contributed by atoms with Gasteiger partial charge in [0.15, 0.2) is 5.82 Å². The minimum Gasteiger partial charge on any atom is -0.399 e. The number of halogens is 1. The smallest absolute Gasteiger partial charge is 0.164 e. The van der Waals surface area contributed by atoms with E-state index in [-0.39, 0.29) is 0 Å². The lowest BCUT2D eigenvalue weighted by Crippen LogP contribution is -2.00. The zero-order chi connectivity index (χ0) is 11.8. The molecule has 3 rings (SSSR count). The van der Waals surface area contributed by atoms with Gasteiger partial charge in [-0.3, -0.25) is 0 Å². The Labute approximate surface area is 105 Å². The number of hydrogen-bond donors (Lipinski definition) is 1. The summed E-state index contributed by atoms with van der Waals surface area (Å²) in [7, 11) is 0. The predicted octanol–water partition coefficient (Wildman–Crippen LogP) is 2.16. The van der Waals surface area contributed by atoms with E-state index in [9.17, 15) is 0 Å². The molecule has 2 heterocycles. The van der Waals surface area contributed by atoms with E-state index in [0.717, 1.165) is 15.4 Å². The van der Waals surface area contributed by atoms with Crippen LogP contribution in [0, 0.1) is 0 Å². The molecule has 2 aromatic heterocycles. The highest BCUT2D eigenvalue weighted by molar-refractivity contribution is 9.10. The van der Waals surface area contributed by atoms with Crippen molar-refractivity contribution >= 4 is 32.5 Å². The molecule has 6 heteroatoms. The molecule has 2 N–H and O–H groups in total. The molecule has 3 aromatic rings. The van der Waals surface area contributed by atoms with Crippen LogP contribution in [0.15, 0.2) is 41.4 Å². The maximum Gasteiger partial charge on any atom is 0.164 e. The first-order valence-electron chi connectivity index (χ1n) is 4.95. The van der Waals surface area contributed by atoms with E-state index < -0.39 is 0 Å². The molecule has 0 bridgehead atoms. The van der Waals surface area contributed by atoms with E-state index >= 15 is 0 Å². The first-order valence-corrected chi connectivity index (χ1v) is 5.74. The van der Waals surface area contributed by atoms with Gasteiger partial charge in [-0.1, -0.05) is 0 Å². The molecule has 0 saturated heterocycles. The Morgan fingerprint density at radius 3 is 2.88 bits per heavy atom. The van der Waals surface area contributed by atoms with E-state index in [2.05, 4.69) is 31.0 Å². The summed E-state index contributed by atoms with van der Waals surface area (Å²) in [5, 5.41) is 5.08. The maximum absolute atomic E-state index is 5.78. The van der Waals surface area contributed by atoms with Crippen molar-refractivity contribution in [2.45, 2.75) is 0 Å². The van der Waals surface area contributed by atoms with E-state index in [1.807, 2.05) is 24.4 Å². The van der Waals surface area contributed by atoms with Gasteiger partial charge in [-0.25, -0.2) is 14.6 Å². The fraction of sp³-hybridized carbons (Fsp3) is 0. The fourth-order valence-electron chi connectivity index (χ4n) is 1.66. The van der Waals surface area contributed by atoms with Crippen molar-refractivity contribution < 1.29 is 0 Å². The van der Waals surface area contributed by atoms with Crippen molar-refractivity contribution in [3.8, 4) is 5.82 Å². The Hall–Kier alpha value is -1.95. The SMILES string of the molecule is Nc1ccc2ncnc(-n3cc(Br)cn3)c2c1. The molecule has 0 aliphatic heterocycles. The molecule has 0 spiro atoms. The Bertz CT molecular complexity index is 691. The van der Waals surface area contributed by atoms with Gasteiger partial charge in [0.1, 0.15) is 6.33 Å². The number of hydrogen-bond acceptors (Lipinski definition) is 4. The van der Waals surface area contributed by atoms with Crippen LogP contribution in [-0.2, 0) is 0 Å². The number of aromatic nitrogens is 4. The summed E-state index contributed by atoms with van der Waals surface area (Å²) in [5.41, 5.74) is 7.31. The number of nitrogens with zero attached hydrogens (tertiary/aromatic N) is 4. The molecule has 0 unspecified atom stereocenters. The van der Waals surface area contributed by atoms with Gasteiger partial charge in [-0.15, -0.1) is 0 Å². The van der Waals surface area contributed by atoms with Gasteiger partial charge in [-0.05, 0) is 34.1 Å². The van der Waals surface area contributed by atoms with Crippen molar-refractivity contribution in [2.24, 2.45) is 0 Å². The van der Waals surface area contributed by atoms with Crippen LogP contribution in [0.2, 0.25) is 0 Å². The van der Waals surface area contributed by atoms with Crippen LogP contribution >= 0.6 is 15.9 Å². The third kappa shape index (κ3) is 1.76. The second-order valence-electron chi connectivity index (χ2n) is 3.58. The maximum atomic E-state index is 5.78. The molecule has 17 heavy (non-hydrogen) atoms. The standard InChI is InChI=1S/C11H8BrN5/c12-7-4-16-17(5-7)11-9-3-8(13)1-2-10(9)14-6-15-11/h1-6H,13H2. The molecule has 0 saturated carbocycles. The lowest BCUT2D eigenvalue weighted by Gasteiger charge is -2.05. The van der Waals surface area contributed by atoms with Gasteiger partial charge in [0.05, 0.1) is 16.2 Å². The number of rotatable bonds is 1. The Morgan fingerprint density at radius 1 is 1.24 bits per heavy atom.